The zero-order chi connectivity index (χ0) is 12.7. The zero-order valence-electron chi connectivity index (χ0n) is 10.1. The average Bonchev–Trinajstić information content (AvgIpc) is 2.17. The van der Waals surface area contributed by atoms with Crippen LogP contribution in [-0.4, -0.2) is 21.8 Å². The summed E-state index contributed by atoms with van der Waals surface area (Å²) in [5, 5.41) is 14.7. The van der Waals surface area contributed by atoms with E-state index in [2.05, 4.69) is 0 Å². The van der Waals surface area contributed by atoms with Gasteiger partial charge in [-0.1, -0.05) is 23.5 Å². The summed E-state index contributed by atoms with van der Waals surface area (Å²) in [6.45, 7) is 0. The maximum absolute atomic E-state index is 7.11. The van der Waals surface area contributed by atoms with Crippen molar-refractivity contribution in [3.8, 4) is 0 Å². The van der Waals surface area contributed by atoms with E-state index in [4.69, 9.17) is 22.3 Å². The monoisotopic (exact) mass is 274 g/mol. The summed E-state index contributed by atoms with van der Waals surface area (Å²) >= 11 is 2.90. The molecule has 6 heteroatoms. The molecule has 0 heterocycles. The molecule has 0 saturated heterocycles. The molecule has 0 aromatic heterocycles. The molecule has 0 unspecified atom stereocenters. The highest BCUT2D eigenvalue weighted by atomic mass is 32.2. The van der Waals surface area contributed by atoms with Crippen LogP contribution in [-0.2, 0) is 0 Å². The Morgan fingerprint density at radius 2 is 1.47 bits per heavy atom. The van der Waals surface area contributed by atoms with E-state index in [9.17, 15) is 0 Å². The molecule has 1 rings (SSSR count). The molecular formula is C11H22N4S2. The Hall–Kier alpha value is -0.360. The van der Waals surface area contributed by atoms with Crippen LogP contribution in [0.1, 0.15) is 32.1 Å². The van der Waals surface area contributed by atoms with E-state index < -0.39 is 0 Å². The number of nitrogens with one attached hydrogen (secondary N) is 2. The molecule has 0 spiro atoms. The lowest BCUT2D eigenvalue weighted by molar-refractivity contribution is 0.177. The Morgan fingerprint density at radius 1 is 0.941 bits per heavy atom. The van der Waals surface area contributed by atoms with Crippen LogP contribution in [0.25, 0.3) is 0 Å². The standard InChI is InChI=1S/C11H22N4S2/c12-10(13)16-4-1-2-8-6-9(7-8)3-5-17-11(14)15/h8-9H,1-7H2,(H3,12,13)(H3,14,15)/t8-,9+. The third-order valence-corrected chi connectivity index (χ3v) is 4.69. The Balaban J connectivity index is 1.89. The number of rotatable bonds is 7. The first-order valence-electron chi connectivity index (χ1n) is 6.01. The molecule has 4 nitrogen and oxygen atoms in total. The van der Waals surface area contributed by atoms with Gasteiger partial charge in [0.1, 0.15) is 0 Å². The number of hydrogen-bond acceptors (Lipinski definition) is 4. The van der Waals surface area contributed by atoms with E-state index >= 15 is 0 Å². The van der Waals surface area contributed by atoms with Crippen molar-refractivity contribution in [1.82, 2.24) is 0 Å². The molecule has 98 valence electrons. The molecule has 0 aromatic rings. The number of amidine groups is 2. The van der Waals surface area contributed by atoms with Crippen LogP contribution in [0.15, 0.2) is 0 Å². The van der Waals surface area contributed by atoms with Crippen LogP contribution < -0.4 is 11.5 Å². The van der Waals surface area contributed by atoms with Gasteiger partial charge in [-0.15, -0.1) is 0 Å². The van der Waals surface area contributed by atoms with Crippen molar-refractivity contribution in [2.24, 2.45) is 23.3 Å². The minimum absolute atomic E-state index is 0.234. The third kappa shape index (κ3) is 6.83. The SMILES string of the molecule is N=C(N)SCCC[C@H]1C[C@@H](CCSC(=N)N)C1. The van der Waals surface area contributed by atoms with Crippen LogP contribution >= 0.6 is 23.5 Å². The summed E-state index contributed by atoms with van der Waals surface area (Å²) in [5.41, 5.74) is 10.6. The topological polar surface area (TPSA) is 99.7 Å². The molecule has 1 fully saturated rings. The molecule has 0 bridgehead atoms. The van der Waals surface area contributed by atoms with E-state index in [-0.39, 0.29) is 10.3 Å². The normalized spacial score (nSPS) is 23.1. The fourth-order valence-corrected chi connectivity index (χ4v) is 3.44. The van der Waals surface area contributed by atoms with Crippen molar-refractivity contribution in [2.45, 2.75) is 32.1 Å². The lowest BCUT2D eigenvalue weighted by Crippen LogP contribution is -2.24. The molecule has 0 aromatic carbocycles. The lowest BCUT2D eigenvalue weighted by Gasteiger charge is -2.35. The van der Waals surface area contributed by atoms with Crippen molar-refractivity contribution in [1.29, 1.82) is 10.8 Å². The van der Waals surface area contributed by atoms with Crippen LogP contribution in [0, 0.1) is 22.7 Å². The Kier molecular flexibility index (Phi) is 6.80. The second kappa shape index (κ2) is 7.87. The van der Waals surface area contributed by atoms with Gasteiger partial charge in [-0.2, -0.15) is 0 Å². The number of hydrogen-bond donors (Lipinski definition) is 4. The van der Waals surface area contributed by atoms with Crippen molar-refractivity contribution in [3.05, 3.63) is 0 Å². The number of thioether (sulfide) groups is 2. The van der Waals surface area contributed by atoms with E-state index in [1.165, 1.54) is 55.6 Å². The molecule has 1 aliphatic carbocycles. The largest absolute Gasteiger partial charge is 0.379 e. The average molecular weight is 274 g/mol. The summed E-state index contributed by atoms with van der Waals surface area (Å²) in [6, 6.07) is 0. The highest BCUT2D eigenvalue weighted by Gasteiger charge is 2.27. The summed E-state index contributed by atoms with van der Waals surface area (Å²) in [4.78, 5) is 0. The van der Waals surface area contributed by atoms with Crippen molar-refractivity contribution >= 4 is 33.9 Å². The van der Waals surface area contributed by atoms with E-state index in [1.54, 1.807) is 0 Å². The molecule has 6 N–H and O–H groups in total. The van der Waals surface area contributed by atoms with Gasteiger partial charge in [0.25, 0.3) is 0 Å². The van der Waals surface area contributed by atoms with Gasteiger partial charge in [0, 0.05) is 11.5 Å². The molecule has 0 atom stereocenters. The summed E-state index contributed by atoms with van der Waals surface area (Å²) < 4.78 is 0. The molecule has 17 heavy (non-hydrogen) atoms. The first kappa shape index (κ1) is 14.7. The summed E-state index contributed by atoms with van der Waals surface area (Å²) in [6.07, 6.45) is 6.32. The Morgan fingerprint density at radius 3 is 2.06 bits per heavy atom. The minimum Gasteiger partial charge on any atom is -0.379 e. The molecule has 0 radical (unpaired) electrons. The fraction of sp³-hybridized carbons (Fsp3) is 0.818. The number of nitrogens with two attached hydrogens (primary N) is 2. The lowest BCUT2D eigenvalue weighted by atomic mass is 9.72. The van der Waals surface area contributed by atoms with Crippen molar-refractivity contribution in [3.63, 3.8) is 0 Å². The Bertz CT molecular complexity index is 264. The first-order valence-corrected chi connectivity index (χ1v) is 7.98. The van der Waals surface area contributed by atoms with Gasteiger partial charge in [-0.05, 0) is 43.9 Å². The molecule has 1 aliphatic rings. The molecular weight excluding hydrogens is 252 g/mol. The van der Waals surface area contributed by atoms with Gasteiger partial charge >= 0.3 is 0 Å². The van der Waals surface area contributed by atoms with Crippen molar-refractivity contribution in [2.75, 3.05) is 11.5 Å². The van der Waals surface area contributed by atoms with Gasteiger partial charge in [-0.25, -0.2) is 0 Å². The second-order valence-electron chi connectivity index (χ2n) is 4.56. The van der Waals surface area contributed by atoms with Crippen LogP contribution in [0.3, 0.4) is 0 Å². The van der Waals surface area contributed by atoms with Crippen LogP contribution in [0.5, 0.6) is 0 Å². The zero-order valence-corrected chi connectivity index (χ0v) is 11.7. The van der Waals surface area contributed by atoms with E-state index in [0.29, 0.717) is 0 Å². The van der Waals surface area contributed by atoms with Crippen molar-refractivity contribution < 1.29 is 0 Å². The van der Waals surface area contributed by atoms with Gasteiger partial charge < -0.3 is 11.5 Å². The van der Waals surface area contributed by atoms with Gasteiger partial charge in [0.15, 0.2) is 10.3 Å². The maximum Gasteiger partial charge on any atom is 0.151 e. The molecule has 0 amide bonds. The minimum atomic E-state index is 0.234. The van der Waals surface area contributed by atoms with Gasteiger partial charge in [0.2, 0.25) is 0 Å². The van der Waals surface area contributed by atoms with Crippen LogP contribution in [0.2, 0.25) is 0 Å². The summed E-state index contributed by atoms with van der Waals surface area (Å²) in [7, 11) is 0. The van der Waals surface area contributed by atoms with E-state index in [0.717, 1.165) is 23.3 Å². The highest BCUT2D eigenvalue weighted by Crippen LogP contribution is 2.39. The smallest absolute Gasteiger partial charge is 0.151 e. The maximum atomic E-state index is 7.11. The second-order valence-corrected chi connectivity index (χ2v) is 6.83. The quantitative estimate of drug-likeness (QED) is 0.325. The first-order chi connectivity index (χ1) is 8.08. The van der Waals surface area contributed by atoms with Gasteiger partial charge in [-0.3, -0.25) is 10.8 Å². The third-order valence-electron chi connectivity index (χ3n) is 3.13. The summed E-state index contributed by atoms with van der Waals surface area (Å²) in [5.74, 6) is 3.71. The molecule has 0 aliphatic heterocycles. The molecule has 1 saturated carbocycles. The van der Waals surface area contributed by atoms with Crippen LogP contribution in [0.4, 0.5) is 0 Å². The predicted octanol–water partition coefficient (Wildman–Crippen LogP) is 2.44. The fourth-order valence-electron chi connectivity index (χ4n) is 2.23. The van der Waals surface area contributed by atoms with E-state index in [1.807, 2.05) is 0 Å². The van der Waals surface area contributed by atoms with Gasteiger partial charge in [0.05, 0.1) is 0 Å². The Labute approximate surface area is 112 Å². The predicted molar refractivity (Wildman–Crippen MR) is 78.8 cm³/mol. The highest BCUT2D eigenvalue weighted by molar-refractivity contribution is 8.13.